The molecule has 0 aromatic carbocycles. The molecule has 1 N–H and O–H groups in total. The normalized spacial score (nSPS) is 11.2. The van der Waals surface area contributed by atoms with Gasteiger partial charge in [0, 0.05) is 21.1 Å². The smallest absolute Gasteiger partial charge is 0.163 e. The summed E-state index contributed by atoms with van der Waals surface area (Å²) in [7, 11) is 5.69. The summed E-state index contributed by atoms with van der Waals surface area (Å²) in [5, 5.41) is 13.7. The minimum absolute atomic E-state index is 0.689. The first-order valence-electron chi connectivity index (χ1n) is 6.58. The van der Waals surface area contributed by atoms with Crippen LogP contribution in [0.4, 0.5) is 5.82 Å². The minimum atomic E-state index is 0.689. The molecular weight excluding hydrogens is 286 g/mol. The summed E-state index contributed by atoms with van der Waals surface area (Å²) >= 11 is 1.68. The average Bonchev–Trinajstić information content (AvgIpc) is 2.99. The van der Waals surface area contributed by atoms with Gasteiger partial charge in [0.25, 0.3) is 0 Å². The molecule has 7 nitrogen and oxygen atoms in total. The molecule has 0 atom stereocenters. The second-order valence-electron chi connectivity index (χ2n) is 4.78. The summed E-state index contributed by atoms with van der Waals surface area (Å²) in [6.07, 6.45) is 1.78. The summed E-state index contributed by atoms with van der Waals surface area (Å²) in [5.74, 6) is 2.28. The van der Waals surface area contributed by atoms with Gasteiger partial charge in [0.05, 0.1) is 28.1 Å². The van der Waals surface area contributed by atoms with Gasteiger partial charge in [-0.3, -0.25) is 9.36 Å². The van der Waals surface area contributed by atoms with Crippen molar-refractivity contribution in [1.29, 1.82) is 0 Å². The zero-order valence-electron chi connectivity index (χ0n) is 12.5. The lowest BCUT2D eigenvalue weighted by molar-refractivity contribution is 0.692. The van der Waals surface area contributed by atoms with Crippen LogP contribution in [-0.2, 0) is 19.8 Å². The number of nitrogens with one attached hydrogen (secondary N) is 1. The van der Waals surface area contributed by atoms with Crippen LogP contribution in [0.2, 0.25) is 0 Å². The molecule has 8 heteroatoms. The highest BCUT2D eigenvalue weighted by atomic mass is 32.2. The maximum absolute atomic E-state index is 4.59. The quantitative estimate of drug-likeness (QED) is 0.740. The largest absolute Gasteiger partial charge is 0.372 e. The predicted octanol–water partition coefficient (Wildman–Crippen LogP) is 1.74. The number of aryl methyl sites for hydroxylation is 3. The van der Waals surface area contributed by atoms with Crippen LogP contribution >= 0.6 is 11.8 Å². The lowest BCUT2D eigenvalue weighted by Crippen LogP contribution is -2.02. The van der Waals surface area contributed by atoms with E-state index in [0.29, 0.717) is 5.75 Å². The summed E-state index contributed by atoms with van der Waals surface area (Å²) in [5.41, 5.74) is 1.85. The van der Waals surface area contributed by atoms with Crippen molar-refractivity contribution in [2.45, 2.75) is 17.7 Å². The van der Waals surface area contributed by atoms with Crippen LogP contribution in [0.3, 0.4) is 0 Å². The summed E-state index contributed by atoms with van der Waals surface area (Å²) < 4.78 is 3.64. The Balaban J connectivity index is 1.90. The van der Waals surface area contributed by atoms with Gasteiger partial charge < -0.3 is 5.32 Å². The monoisotopic (exact) mass is 303 g/mol. The number of nitrogens with zero attached hydrogens (tertiary/aromatic N) is 6. The van der Waals surface area contributed by atoms with E-state index in [4.69, 9.17) is 0 Å². The fraction of sp³-hybridized carbons (Fsp3) is 0.385. The van der Waals surface area contributed by atoms with E-state index in [1.807, 2.05) is 32.7 Å². The molecule has 0 aliphatic heterocycles. The highest BCUT2D eigenvalue weighted by Gasteiger charge is 2.11. The third kappa shape index (κ3) is 2.58. The van der Waals surface area contributed by atoms with Crippen molar-refractivity contribution in [3.63, 3.8) is 0 Å². The fourth-order valence-electron chi connectivity index (χ4n) is 2.18. The Labute approximate surface area is 126 Å². The zero-order valence-corrected chi connectivity index (χ0v) is 13.3. The van der Waals surface area contributed by atoms with E-state index in [9.17, 15) is 0 Å². The van der Waals surface area contributed by atoms with E-state index in [1.54, 1.807) is 22.6 Å². The van der Waals surface area contributed by atoms with Crippen molar-refractivity contribution in [2.24, 2.45) is 14.1 Å². The van der Waals surface area contributed by atoms with Crippen molar-refractivity contribution in [1.82, 2.24) is 29.5 Å². The number of hydrogen-bond acceptors (Lipinski definition) is 6. The van der Waals surface area contributed by atoms with E-state index < -0.39 is 0 Å². The third-order valence-corrected chi connectivity index (χ3v) is 4.26. The molecule has 0 radical (unpaired) electrons. The third-order valence-electron chi connectivity index (χ3n) is 3.18. The van der Waals surface area contributed by atoms with Gasteiger partial charge >= 0.3 is 0 Å². The van der Waals surface area contributed by atoms with Crippen molar-refractivity contribution in [3.8, 4) is 0 Å². The second kappa shape index (κ2) is 5.36. The first kappa shape index (κ1) is 13.9. The zero-order chi connectivity index (χ0) is 15.0. The Kier molecular flexibility index (Phi) is 3.54. The van der Waals surface area contributed by atoms with Gasteiger partial charge in [-0.15, -0.1) is 0 Å². The van der Waals surface area contributed by atoms with Crippen LogP contribution in [0.5, 0.6) is 0 Å². The van der Waals surface area contributed by atoms with E-state index in [-0.39, 0.29) is 0 Å². The Hall–Kier alpha value is -2.09. The molecule has 3 aromatic heterocycles. The standard InChI is InChI=1S/C13H17N7S/c1-8-5-11(19(3)18-8)21-7-10-16-12(14-2)9-6-15-20(4)13(9)17-10/h5-6H,7H2,1-4H3,(H,14,16,17). The van der Waals surface area contributed by atoms with Gasteiger partial charge in [0.2, 0.25) is 0 Å². The molecule has 0 unspecified atom stereocenters. The van der Waals surface area contributed by atoms with Crippen LogP contribution in [0.1, 0.15) is 11.5 Å². The maximum Gasteiger partial charge on any atom is 0.163 e. The van der Waals surface area contributed by atoms with Gasteiger partial charge in [0.15, 0.2) is 5.65 Å². The SMILES string of the molecule is CNc1nc(CSc2cc(C)nn2C)nc2c1cnn2C. The summed E-state index contributed by atoms with van der Waals surface area (Å²) in [6.45, 7) is 1.99. The van der Waals surface area contributed by atoms with Crippen molar-refractivity contribution in [2.75, 3.05) is 12.4 Å². The first-order chi connectivity index (χ1) is 10.1. The van der Waals surface area contributed by atoms with E-state index in [0.717, 1.165) is 33.4 Å². The summed E-state index contributed by atoms with van der Waals surface area (Å²) in [6, 6.07) is 2.06. The Morgan fingerprint density at radius 2 is 2.05 bits per heavy atom. The average molecular weight is 303 g/mol. The Bertz CT molecular complexity index is 789. The van der Waals surface area contributed by atoms with E-state index in [1.165, 1.54) is 0 Å². The molecular formula is C13H17N7S. The molecule has 21 heavy (non-hydrogen) atoms. The van der Waals surface area contributed by atoms with Crippen LogP contribution in [0.25, 0.3) is 11.0 Å². The Morgan fingerprint density at radius 3 is 2.71 bits per heavy atom. The van der Waals surface area contributed by atoms with Crippen LogP contribution < -0.4 is 5.32 Å². The lowest BCUT2D eigenvalue weighted by Gasteiger charge is -2.06. The molecule has 0 fully saturated rings. The minimum Gasteiger partial charge on any atom is -0.372 e. The van der Waals surface area contributed by atoms with Gasteiger partial charge in [-0.05, 0) is 13.0 Å². The molecule has 3 heterocycles. The molecule has 110 valence electrons. The van der Waals surface area contributed by atoms with Crippen molar-refractivity contribution in [3.05, 3.63) is 23.8 Å². The Morgan fingerprint density at radius 1 is 1.24 bits per heavy atom. The van der Waals surface area contributed by atoms with Crippen LogP contribution in [0, 0.1) is 6.92 Å². The summed E-state index contributed by atoms with van der Waals surface area (Å²) in [4.78, 5) is 9.15. The lowest BCUT2D eigenvalue weighted by atomic mass is 10.4. The number of aromatic nitrogens is 6. The van der Waals surface area contributed by atoms with Gasteiger partial charge in [0.1, 0.15) is 11.6 Å². The number of hydrogen-bond donors (Lipinski definition) is 1. The first-order valence-corrected chi connectivity index (χ1v) is 7.57. The molecule has 0 aliphatic carbocycles. The van der Waals surface area contributed by atoms with Gasteiger partial charge in [-0.25, -0.2) is 9.97 Å². The predicted molar refractivity (Wildman–Crippen MR) is 83.4 cm³/mol. The van der Waals surface area contributed by atoms with Crippen LogP contribution in [-0.4, -0.2) is 36.6 Å². The molecule has 3 aromatic rings. The van der Waals surface area contributed by atoms with Gasteiger partial charge in [-0.1, -0.05) is 11.8 Å². The van der Waals surface area contributed by atoms with Gasteiger partial charge in [-0.2, -0.15) is 10.2 Å². The highest BCUT2D eigenvalue weighted by molar-refractivity contribution is 7.98. The number of thioether (sulfide) groups is 1. The van der Waals surface area contributed by atoms with Crippen LogP contribution in [0.15, 0.2) is 17.3 Å². The highest BCUT2D eigenvalue weighted by Crippen LogP contribution is 2.24. The number of rotatable bonds is 4. The van der Waals surface area contributed by atoms with E-state index >= 15 is 0 Å². The second-order valence-corrected chi connectivity index (χ2v) is 5.78. The number of anilines is 1. The molecule has 0 aliphatic rings. The fourth-order valence-corrected chi connectivity index (χ4v) is 3.07. The molecule has 0 amide bonds. The van der Waals surface area contributed by atoms with Crippen molar-refractivity contribution < 1.29 is 0 Å². The molecule has 3 rings (SSSR count). The molecule has 0 bridgehead atoms. The molecule has 0 spiro atoms. The maximum atomic E-state index is 4.59. The number of fused-ring (bicyclic) bond motifs is 1. The van der Waals surface area contributed by atoms with E-state index in [2.05, 4.69) is 31.5 Å². The topological polar surface area (TPSA) is 73.5 Å². The molecule has 0 saturated carbocycles. The molecule has 0 saturated heterocycles. The van der Waals surface area contributed by atoms with Crippen molar-refractivity contribution >= 4 is 28.6 Å².